The number of carbonyl (C=O) groups excluding carboxylic acids is 6. The first-order valence-corrected chi connectivity index (χ1v) is 12.1. The predicted octanol–water partition coefficient (Wildman–Crippen LogP) is -0.461. The molecule has 210 valence electrons. The van der Waals surface area contributed by atoms with Crippen LogP contribution in [0, 0.1) is 0 Å². The van der Waals surface area contributed by atoms with Crippen molar-refractivity contribution in [2.75, 3.05) is 26.2 Å². The minimum atomic E-state index is -1.02. The van der Waals surface area contributed by atoms with Gasteiger partial charge in [-0.3, -0.25) is 24.0 Å². The summed E-state index contributed by atoms with van der Waals surface area (Å²) in [5.74, 6) is -3.16. The lowest BCUT2D eigenvalue weighted by molar-refractivity contribution is -0.143. The van der Waals surface area contributed by atoms with Crippen molar-refractivity contribution in [2.24, 2.45) is 0 Å². The predicted molar refractivity (Wildman–Crippen MR) is 137 cm³/mol. The van der Waals surface area contributed by atoms with Crippen molar-refractivity contribution in [3.8, 4) is 0 Å². The van der Waals surface area contributed by atoms with Crippen LogP contribution in [0.2, 0.25) is 0 Å². The number of ether oxygens (including phenoxy) is 2. The second-order valence-electron chi connectivity index (χ2n) is 9.20. The van der Waals surface area contributed by atoms with Crippen LogP contribution in [-0.2, 0) is 39.9 Å². The lowest BCUT2D eigenvalue weighted by atomic mass is 10.1. The summed E-state index contributed by atoms with van der Waals surface area (Å²) in [4.78, 5) is 72.6. The molecule has 0 heterocycles. The zero-order valence-corrected chi connectivity index (χ0v) is 22.3. The van der Waals surface area contributed by atoms with Crippen LogP contribution in [0.4, 0.5) is 4.79 Å². The molecule has 1 aromatic carbocycles. The Balaban J connectivity index is 2.55. The number of nitrogens with one attached hydrogen (secondary N) is 5. The van der Waals surface area contributed by atoms with E-state index in [9.17, 15) is 28.8 Å². The molecule has 13 heteroatoms. The van der Waals surface area contributed by atoms with Gasteiger partial charge in [-0.05, 0) is 40.2 Å². The van der Waals surface area contributed by atoms with Crippen LogP contribution in [0.5, 0.6) is 0 Å². The Bertz CT molecular complexity index is 978. The maximum Gasteiger partial charge on any atom is 0.408 e. The van der Waals surface area contributed by atoms with E-state index in [4.69, 9.17) is 9.47 Å². The molecule has 0 spiro atoms. The van der Waals surface area contributed by atoms with Crippen LogP contribution in [0.3, 0.4) is 0 Å². The number of benzene rings is 1. The molecule has 0 saturated heterocycles. The number of carbonyl (C=O) groups is 6. The number of hydrogen-bond acceptors (Lipinski definition) is 8. The van der Waals surface area contributed by atoms with E-state index in [1.165, 1.54) is 6.92 Å². The van der Waals surface area contributed by atoms with E-state index in [1.54, 1.807) is 58.0 Å². The third kappa shape index (κ3) is 13.8. The van der Waals surface area contributed by atoms with Gasteiger partial charge in [0.1, 0.15) is 24.2 Å². The van der Waals surface area contributed by atoms with E-state index < -0.39 is 66.5 Å². The summed E-state index contributed by atoms with van der Waals surface area (Å²) in [6.45, 7) is 7.00. The third-order valence-electron chi connectivity index (χ3n) is 4.64. The van der Waals surface area contributed by atoms with E-state index in [-0.39, 0.29) is 19.6 Å². The highest BCUT2D eigenvalue weighted by Gasteiger charge is 2.23. The van der Waals surface area contributed by atoms with Crippen LogP contribution in [-0.4, -0.2) is 79.6 Å². The van der Waals surface area contributed by atoms with Crippen molar-refractivity contribution in [2.45, 2.75) is 58.7 Å². The normalized spacial score (nSPS) is 12.2. The molecule has 5 N–H and O–H groups in total. The maximum atomic E-state index is 12.6. The second-order valence-corrected chi connectivity index (χ2v) is 9.20. The van der Waals surface area contributed by atoms with Crippen molar-refractivity contribution < 1.29 is 38.2 Å². The lowest BCUT2D eigenvalue weighted by Gasteiger charge is -2.21. The molecule has 0 saturated carbocycles. The Morgan fingerprint density at radius 1 is 0.816 bits per heavy atom. The van der Waals surface area contributed by atoms with Crippen LogP contribution in [0.1, 0.15) is 40.2 Å². The first-order chi connectivity index (χ1) is 17.8. The van der Waals surface area contributed by atoms with Crippen molar-refractivity contribution in [1.82, 2.24) is 26.6 Å². The van der Waals surface area contributed by atoms with Crippen LogP contribution < -0.4 is 26.6 Å². The minimum absolute atomic E-state index is 0.147. The minimum Gasteiger partial charge on any atom is -0.465 e. The molecule has 0 aliphatic carbocycles. The summed E-state index contributed by atoms with van der Waals surface area (Å²) < 4.78 is 9.85. The largest absolute Gasteiger partial charge is 0.465 e. The summed E-state index contributed by atoms with van der Waals surface area (Å²) in [5, 5.41) is 12.0. The molecule has 0 aliphatic rings. The van der Waals surface area contributed by atoms with E-state index in [1.807, 2.05) is 0 Å². The van der Waals surface area contributed by atoms with E-state index >= 15 is 0 Å². The van der Waals surface area contributed by atoms with E-state index in [0.717, 1.165) is 5.56 Å². The molecular formula is C25H37N5O8. The Hall–Kier alpha value is -4.16. The molecule has 13 nitrogen and oxygen atoms in total. The first kappa shape index (κ1) is 31.9. The van der Waals surface area contributed by atoms with Crippen molar-refractivity contribution in [3.63, 3.8) is 0 Å². The monoisotopic (exact) mass is 535 g/mol. The first-order valence-electron chi connectivity index (χ1n) is 12.1. The Kier molecular flexibility index (Phi) is 13.3. The topological polar surface area (TPSA) is 181 Å². The van der Waals surface area contributed by atoms with Gasteiger partial charge in [0.05, 0.1) is 19.7 Å². The molecule has 0 bridgehead atoms. The average Bonchev–Trinajstić information content (AvgIpc) is 2.83. The Labute approximate surface area is 221 Å². The van der Waals surface area contributed by atoms with Gasteiger partial charge in [0.15, 0.2) is 0 Å². The number of hydrogen-bond donors (Lipinski definition) is 5. The molecular weight excluding hydrogens is 498 g/mol. The highest BCUT2D eigenvalue weighted by atomic mass is 16.6. The van der Waals surface area contributed by atoms with Gasteiger partial charge in [-0.15, -0.1) is 0 Å². The zero-order valence-electron chi connectivity index (χ0n) is 22.3. The van der Waals surface area contributed by atoms with Gasteiger partial charge in [-0.1, -0.05) is 30.3 Å². The van der Waals surface area contributed by atoms with Gasteiger partial charge in [-0.25, -0.2) is 4.79 Å². The van der Waals surface area contributed by atoms with Crippen LogP contribution >= 0.6 is 0 Å². The number of rotatable bonds is 13. The summed E-state index contributed by atoms with van der Waals surface area (Å²) in [6, 6.07) is 6.94. The molecule has 0 aromatic heterocycles. The lowest BCUT2D eigenvalue weighted by Crippen LogP contribution is -2.52. The van der Waals surface area contributed by atoms with Crippen LogP contribution in [0.25, 0.3) is 0 Å². The molecule has 38 heavy (non-hydrogen) atoms. The average molecular weight is 536 g/mol. The molecule has 1 aromatic rings. The molecule has 0 fully saturated rings. The summed E-state index contributed by atoms with van der Waals surface area (Å²) in [5.41, 5.74) is 0.0347. The van der Waals surface area contributed by atoms with Gasteiger partial charge in [0.2, 0.25) is 23.6 Å². The maximum absolute atomic E-state index is 12.6. The van der Waals surface area contributed by atoms with Gasteiger partial charge in [-0.2, -0.15) is 0 Å². The molecule has 2 atom stereocenters. The highest BCUT2D eigenvalue weighted by molar-refractivity contribution is 5.93. The standard InChI is InChI=1S/C25H37N5O8/c1-6-37-21(33)15-28-23(35)18(12-17-10-8-7-9-11-17)30-20(32)14-26-19(31)13-27-22(34)16(2)29-24(36)38-25(3,4)5/h7-11,16,18H,6,12-15H2,1-5H3,(H,26,31)(H,27,34)(H,28,35)(H,29,36)(H,30,32)/t16-,18?/m0/s1. The Morgan fingerprint density at radius 2 is 1.42 bits per heavy atom. The quantitative estimate of drug-likeness (QED) is 0.210. The summed E-state index contributed by atoms with van der Waals surface area (Å²) in [6.07, 6.45) is -0.633. The fraction of sp³-hybridized carbons (Fsp3) is 0.520. The molecule has 1 rings (SSSR count). The molecule has 0 radical (unpaired) electrons. The highest BCUT2D eigenvalue weighted by Crippen LogP contribution is 2.06. The third-order valence-corrected chi connectivity index (χ3v) is 4.64. The van der Waals surface area contributed by atoms with Gasteiger partial charge >= 0.3 is 12.1 Å². The smallest absolute Gasteiger partial charge is 0.408 e. The van der Waals surface area contributed by atoms with Gasteiger partial charge < -0.3 is 36.1 Å². The van der Waals surface area contributed by atoms with E-state index in [0.29, 0.717) is 0 Å². The molecule has 1 unspecified atom stereocenters. The molecule has 0 aliphatic heterocycles. The molecule has 5 amide bonds. The fourth-order valence-electron chi connectivity index (χ4n) is 2.91. The number of alkyl carbamates (subject to hydrolysis) is 1. The zero-order chi connectivity index (χ0) is 28.7. The van der Waals surface area contributed by atoms with Crippen molar-refractivity contribution in [3.05, 3.63) is 35.9 Å². The number of esters is 1. The fourth-order valence-corrected chi connectivity index (χ4v) is 2.91. The summed E-state index contributed by atoms with van der Waals surface area (Å²) >= 11 is 0. The SMILES string of the molecule is CCOC(=O)CNC(=O)C(Cc1ccccc1)NC(=O)CNC(=O)CNC(=O)[C@H](C)NC(=O)OC(C)(C)C. The van der Waals surface area contributed by atoms with Crippen molar-refractivity contribution in [1.29, 1.82) is 0 Å². The summed E-state index contributed by atoms with van der Waals surface area (Å²) in [7, 11) is 0. The van der Waals surface area contributed by atoms with Gasteiger partial charge in [0.25, 0.3) is 0 Å². The van der Waals surface area contributed by atoms with E-state index in [2.05, 4.69) is 26.6 Å². The van der Waals surface area contributed by atoms with Gasteiger partial charge in [0, 0.05) is 6.42 Å². The Morgan fingerprint density at radius 3 is 2.03 bits per heavy atom. The number of amides is 5. The van der Waals surface area contributed by atoms with Crippen molar-refractivity contribution >= 4 is 35.7 Å². The van der Waals surface area contributed by atoms with Crippen LogP contribution in [0.15, 0.2) is 30.3 Å². The second kappa shape index (κ2) is 15.8.